The third-order valence-corrected chi connectivity index (χ3v) is 5.56. The van der Waals surface area contributed by atoms with E-state index in [1.165, 1.54) is 6.07 Å². The molecule has 0 aliphatic carbocycles. The average Bonchev–Trinajstić information content (AvgIpc) is 3.26. The van der Waals surface area contributed by atoms with Crippen LogP contribution in [-0.2, 0) is 11.4 Å². The lowest BCUT2D eigenvalue weighted by Gasteiger charge is -2.18. The molecule has 2 heterocycles. The largest absolute Gasteiger partial charge is 0.487 e. The van der Waals surface area contributed by atoms with Crippen LogP contribution in [0.2, 0.25) is 0 Å². The molecule has 0 saturated carbocycles. The Hall–Kier alpha value is -4.65. The summed E-state index contributed by atoms with van der Waals surface area (Å²) in [6.45, 7) is 1.89. The molecule has 1 amide bonds. The second-order valence-electron chi connectivity index (χ2n) is 8.14. The summed E-state index contributed by atoms with van der Waals surface area (Å²) < 4.78 is 12.2. The molecule has 0 saturated heterocycles. The van der Waals surface area contributed by atoms with Gasteiger partial charge in [0.1, 0.15) is 18.1 Å². The standard InChI is InChI=1S/C28H23N3O4/c1-19-16-25-29-23(17-26(32)31(25)35-19)18-34-24-14-12-22(13-15-24)30-28(33)27(20-8-4-2-5-9-20)21-10-6-3-7-11-21/h2-17,27H,18H2,1H3,(H,30,33). The first-order valence-corrected chi connectivity index (χ1v) is 11.2. The van der Waals surface area contributed by atoms with Gasteiger partial charge in [-0.2, -0.15) is 0 Å². The molecule has 7 nitrogen and oxygen atoms in total. The molecule has 0 aliphatic rings. The summed E-state index contributed by atoms with van der Waals surface area (Å²) in [6, 6.07) is 29.6. The fourth-order valence-electron chi connectivity index (χ4n) is 3.94. The number of benzene rings is 3. The van der Waals surface area contributed by atoms with Crippen LogP contribution in [0, 0.1) is 6.92 Å². The number of nitrogens with zero attached hydrogens (tertiary/aromatic N) is 2. The minimum atomic E-state index is -0.431. The van der Waals surface area contributed by atoms with Crippen molar-refractivity contribution < 1.29 is 14.1 Å². The minimum absolute atomic E-state index is 0.121. The lowest BCUT2D eigenvalue weighted by molar-refractivity contribution is -0.116. The Kier molecular flexibility index (Phi) is 6.13. The number of aromatic nitrogens is 2. The van der Waals surface area contributed by atoms with Crippen molar-refractivity contribution in [3.8, 4) is 5.75 Å². The summed E-state index contributed by atoms with van der Waals surface area (Å²) in [7, 11) is 0. The zero-order valence-corrected chi connectivity index (χ0v) is 19.0. The molecule has 0 aliphatic heterocycles. The quantitative estimate of drug-likeness (QED) is 0.368. The van der Waals surface area contributed by atoms with E-state index in [9.17, 15) is 9.59 Å². The maximum atomic E-state index is 13.3. The number of hydrogen-bond acceptors (Lipinski definition) is 5. The van der Waals surface area contributed by atoms with Gasteiger partial charge in [-0.15, -0.1) is 4.57 Å². The lowest BCUT2D eigenvalue weighted by atomic mass is 9.90. The van der Waals surface area contributed by atoms with E-state index < -0.39 is 5.92 Å². The molecule has 174 valence electrons. The minimum Gasteiger partial charge on any atom is -0.487 e. The van der Waals surface area contributed by atoms with Gasteiger partial charge in [0.2, 0.25) is 5.91 Å². The highest BCUT2D eigenvalue weighted by Crippen LogP contribution is 2.27. The van der Waals surface area contributed by atoms with E-state index in [2.05, 4.69) is 10.3 Å². The molecule has 5 aromatic rings. The van der Waals surface area contributed by atoms with Crippen molar-refractivity contribution in [3.05, 3.63) is 130 Å². The number of aryl methyl sites for hydroxylation is 1. The molecule has 3 aromatic carbocycles. The van der Waals surface area contributed by atoms with Gasteiger partial charge in [-0.3, -0.25) is 9.59 Å². The van der Waals surface area contributed by atoms with Gasteiger partial charge >= 0.3 is 0 Å². The van der Waals surface area contributed by atoms with Gasteiger partial charge in [-0.1, -0.05) is 60.7 Å². The van der Waals surface area contributed by atoms with Crippen LogP contribution in [0.1, 0.15) is 28.5 Å². The Balaban J connectivity index is 1.28. The summed E-state index contributed by atoms with van der Waals surface area (Å²) in [5.41, 5.74) is 3.14. The van der Waals surface area contributed by atoms with Gasteiger partial charge in [0, 0.05) is 17.8 Å². The molecular weight excluding hydrogens is 442 g/mol. The normalized spacial score (nSPS) is 11.0. The number of nitrogens with one attached hydrogen (secondary N) is 1. The number of fused-ring (bicyclic) bond motifs is 1. The molecular formula is C28H23N3O4. The first-order chi connectivity index (χ1) is 17.1. The first-order valence-electron chi connectivity index (χ1n) is 11.2. The fourth-order valence-corrected chi connectivity index (χ4v) is 3.94. The number of hydrogen-bond donors (Lipinski definition) is 1. The zero-order chi connectivity index (χ0) is 24.2. The van der Waals surface area contributed by atoms with E-state index in [1.807, 2.05) is 60.7 Å². The molecule has 0 atom stereocenters. The van der Waals surface area contributed by atoms with Crippen molar-refractivity contribution >= 4 is 17.2 Å². The molecule has 0 spiro atoms. The second kappa shape index (κ2) is 9.69. The highest BCUT2D eigenvalue weighted by molar-refractivity contribution is 5.98. The molecule has 0 bridgehead atoms. The number of amides is 1. The maximum Gasteiger partial charge on any atom is 0.287 e. The molecule has 7 heteroatoms. The van der Waals surface area contributed by atoms with Gasteiger partial charge in [0.25, 0.3) is 5.56 Å². The van der Waals surface area contributed by atoms with Crippen molar-refractivity contribution in [1.29, 1.82) is 0 Å². The van der Waals surface area contributed by atoms with E-state index >= 15 is 0 Å². The monoisotopic (exact) mass is 465 g/mol. The smallest absolute Gasteiger partial charge is 0.287 e. The van der Waals surface area contributed by atoms with Gasteiger partial charge in [-0.25, -0.2) is 4.98 Å². The van der Waals surface area contributed by atoms with Crippen LogP contribution >= 0.6 is 0 Å². The van der Waals surface area contributed by atoms with Crippen LogP contribution in [-0.4, -0.2) is 15.5 Å². The SMILES string of the molecule is Cc1cc2nc(COc3ccc(NC(=O)C(c4ccccc4)c4ccccc4)cc3)cc(=O)n2o1. The Morgan fingerprint density at radius 3 is 2.20 bits per heavy atom. The average molecular weight is 466 g/mol. The topological polar surface area (TPSA) is 85.8 Å². The number of anilines is 1. The lowest BCUT2D eigenvalue weighted by Crippen LogP contribution is -2.22. The zero-order valence-electron chi connectivity index (χ0n) is 19.0. The van der Waals surface area contributed by atoms with Crippen LogP contribution < -0.4 is 15.6 Å². The molecule has 2 aromatic heterocycles. The van der Waals surface area contributed by atoms with E-state index in [0.29, 0.717) is 28.5 Å². The van der Waals surface area contributed by atoms with Crippen molar-refractivity contribution in [2.75, 3.05) is 5.32 Å². The van der Waals surface area contributed by atoms with Crippen LogP contribution in [0.15, 0.2) is 106 Å². The second-order valence-corrected chi connectivity index (χ2v) is 8.14. The number of carbonyl (C=O) groups excluding carboxylic acids is 1. The van der Waals surface area contributed by atoms with Gasteiger partial charge in [0.15, 0.2) is 5.65 Å². The van der Waals surface area contributed by atoms with Crippen LogP contribution in [0.5, 0.6) is 5.75 Å². The summed E-state index contributed by atoms with van der Waals surface area (Å²) in [4.78, 5) is 29.8. The highest BCUT2D eigenvalue weighted by Gasteiger charge is 2.22. The summed E-state index contributed by atoms with van der Waals surface area (Å²) in [5, 5.41) is 3.01. The van der Waals surface area contributed by atoms with E-state index in [4.69, 9.17) is 9.26 Å². The van der Waals surface area contributed by atoms with E-state index in [-0.39, 0.29) is 18.1 Å². The van der Waals surface area contributed by atoms with Gasteiger partial charge in [0.05, 0.1) is 11.6 Å². The van der Waals surface area contributed by atoms with Gasteiger partial charge < -0.3 is 14.6 Å². The van der Waals surface area contributed by atoms with Crippen LogP contribution in [0.3, 0.4) is 0 Å². The van der Waals surface area contributed by atoms with Crippen molar-refractivity contribution in [3.63, 3.8) is 0 Å². The molecule has 0 unspecified atom stereocenters. The number of carbonyl (C=O) groups is 1. The first kappa shape index (κ1) is 22.2. The third kappa shape index (κ3) is 4.99. The predicted molar refractivity (Wildman–Crippen MR) is 133 cm³/mol. The molecule has 0 radical (unpaired) electrons. The van der Waals surface area contributed by atoms with E-state index in [1.54, 1.807) is 37.3 Å². The molecule has 0 fully saturated rings. The number of ether oxygens (including phenoxy) is 1. The Labute approximate surface area is 201 Å². The van der Waals surface area contributed by atoms with E-state index in [0.717, 1.165) is 15.7 Å². The van der Waals surface area contributed by atoms with Crippen molar-refractivity contribution in [2.45, 2.75) is 19.4 Å². The highest BCUT2D eigenvalue weighted by atomic mass is 16.5. The molecule has 1 N–H and O–H groups in total. The van der Waals surface area contributed by atoms with Crippen LogP contribution in [0.4, 0.5) is 5.69 Å². The van der Waals surface area contributed by atoms with Gasteiger partial charge in [-0.05, 0) is 42.3 Å². The van der Waals surface area contributed by atoms with Crippen LogP contribution in [0.25, 0.3) is 5.65 Å². The Morgan fingerprint density at radius 1 is 0.943 bits per heavy atom. The fraction of sp³-hybridized carbons (Fsp3) is 0.107. The summed E-state index contributed by atoms with van der Waals surface area (Å²) >= 11 is 0. The summed E-state index contributed by atoms with van der Waals surface area (Å²) in [6.07, 6.45) is 0. The maximum absolute atomic E-state index is 13.3. The van der Waals surface area contributed by atoms with Crippen molar-refractivity contribution in [2.24, 2.45) is 0 Å². The molecule has 5 rings (SSSR count). The summed E-state index contributed by atoms with van der Waals surface area (Å²) in [5.74, 6) is 0.646. The third-order valence-electron chi connectivity index (χ3n) is 5.56. The van der Waals surface area contributed by atoms with Crippen molar-refractivity contribution in [1.82, 2.24) is 9.56 Å². The Morgan fingerprint density at radius 2 is 1.57 bits per heavy atom. The predicted octanol–water partition coefficient (Wildman–Crippen LogP) is 4.95. The molecule has 35 heavy (non-hydrogen) atoms. The number of rotatable bonds is 7. The Bertz CT molecular complexity index is 1470.